The van der Waals surface area contributed by atoms with E-state index in [9.17, 15) is 9.18 Å². The second kappa shape index (κ2) is 7.32. The normalized spacial score (nSPS) is 12.7. The number of nitrogens with one attached hydrogen (secondary N) is 1. The zero-order valence-corrected chi connectivity index (χ0v) is 15.1. The van der Waals surface area contributed by atoms with E-state index in [0.717, 1.165) is 23.2 Å². The van der Waals surface area contributed by atoms with Crippen LogP contribution in [0, 0.1) is 5.82 Å². The Hall–Kier alpha value is -2.99. The highest BCUT2D eigenvalue weighted by molar-refractivity contribution is 6.30. The Kier molecular flexibility index (Phi) is 4.73. The molecule has 0 unspecified atom stereocenters. The first-order valence-corrected chi connectivity index (χ1v) is 8.89. The summed E-state index contributed by atoms with van der Waals surface area (Å²) in [7, 11) is 0. The number of amides is 1. The van der Waals surface area contributed by atoms with E-state index in [2.05, 4.69) is 15.3 Å². The Labute approximate surface area is 160 Å². The maximum Gasteiger partial charge on any atom is 0.280 e. The highest BCUT2D eigenvalue weighted by Gasteiger charge is 2.28. The second-order valence-electron chi connectivity index (χ2n) is 6.21. The van der Waals surface area contributed by atoms with Crippen molar-refractivity contribution in [2.24, 2.45) is 0 Å². The molecule has 0 radical (unpaired) electrons. The van der Waals surface area contributed by atoms with Crippen molar-refractivity contribution in [2.75, 3.05) is 16.8 Å². The number of fused-ring (bicyclic) bond motifs is 1. The lowest BCUT2D eigenvalue weighted by atomic mass is 10.2. The summed E-state index contributed by atoms with van der Waals surface area (Å²) < 4.78 is 13.0. The van der Waals surface area contributed by atoms with Crippen LogP contribution in [0.25, 0.3) is 0 Å². The van der Waals surface area contributed by atoms with Crippen LogP contribution in [0.15, 0.2) is 54.9 Å². The van der Waals surface area contributed by atoms with Crippen molar-refractivity contribution in [1.82, 2.24) is 9.97 Å². The van der Waals surface area contributed by atoms with Crippen LogP contribution in [0.4, 0.5) is 15.9 Å². The van der Waals surface area contributed by atoms with E-state index < -0.39 is 0 Å². The van der Waals surface area contributed by atoms with Crippen LogP contribution >= 0.6 is 11.6 Å². The first-order valence-electron chi connectivity index (χ1n) is 8.51. The van der Waals surface area contributed by atoms with Gasteiger partial charge in [0.1, 0.15) is 5.82 Å². The molecule has 1 amide bonds. The Morgan fingerprint density at radius 1 is 1.15 bits per heavy atom. The zero-order valence-electron chi connectivity index (χ0n) is 14.3. The summed E-state index contributed by atoms with van der Waals surface area (Å²) >= 11 is 6.04. The first-order chi connectivity index (χ1) is 13.1. The van der Waals surface area contributed by atoms with Gasteiger partial charge >= 0.3 is 0 Å². The number of halogens is 2. The van der Waals surface area contributed by atoms with Crippen LogP contribution in [0.3, 0.4) is 0 Å². The Balaban J connectivity index is 1.56. The van der Waals surface area contributed by atoms with Crippen LogP contribution in [0.5, 0.6) is 0 Å². The minimum Gasteiger partial charge on any atom is -0.364 e. The third-order valence-electron chi connectivity index (χ3n) is 4.46. The molecule has 0 spiro atoms. The zero-order chi connectivity index (χ0) is 18.8. The minimum absolute atomic E-state index is 0.217. The van der Waals surface area contributed by atoms with Crippen molar-refractivity contribution >= 4 is 29.0 Å². The topological polar surface area (TPSA) is 58.1 Å². The first kappa shape index (κ1) is 17.4. The van der Waals surface area contributed by atoms with Gasteiger partial charge < -0.3 is 10.2 Å². The number of hydrogen-bond acceptors (Lipinski definition) is 4. The average molecular weight is 383 g/mol. The van der Waals surface area contributed by atoms with Gasteiger partial charge in [0.2, 0.25) is 0 Å². The standard InChI is InChI=1S/C20H16ClFN4O/c21-15-3-6-17-14(11-15)7-10-26(17)20(27)18-19(24-9-8-23-18)25-12-13-1-4-16(22)5-2-13/h1-6,8-9,11H,7,10,12H2,(H,24,25). The summed E-state index contributed by atoms with van der Waals surface area (Å²) in [6.07, 6.45) is 3.77. The molecule has 1 aromatic heterocycles. The molecule has 0 bridgehead atoms. The fourth-order valence-electron chi connectivity index (χ4n) is 3.12. The number of benzene rings is 2. The molecular formula is C20H16ClFN4O. The largest absolute Gasteiger partial charge is 0.364 e. The molecule has 3 aromatic rings. The summed E-state index contributed by atoms with van der Waals surface area (Å²) in [5.74, 6) is -0.109. The van der Waals surface area contributed by atoms with Crippen LogP contribution in [-0.4, -0.2) is 22.4 Å². The fourth-order valence-corrected chi connectivity index (χ4v) is 3.32. The van der Waals surface area contributed by atoms with E-state index in [1.807, 2.05) is 12.1 Å². The van der Waals surface area contributed by atoms with Crippen molar-refractivity contribution in [3.05, 3.63) is 82.5 Å². The van der Waals surface area contributed by atoms with Crippen molar-refractivity contribution in [3.8, 4) is 0 Å². The second-order valence-corrected chi connectivity index (χ2v) is 6.65. The molecule has 0 saturated heterocycles. The molecule has 5 nitrogen and oxygen atoms in total. The van der Waals surface area contributed by atoms with Gasteiger partial charge in [-0.15, -0.1) is 0 Å². The maximum absolute atomic E-state index is 13.1. The lowest BCUT2D eigenvalue weighted by Crippen LogP contribution is -2.30. The van der Waals surface area contributed by atoms with Crippen molar-refractivity contribution in [1.29, 1.82) is 0 Å². The lowest BCUT2D eigenvalue weighted by molar-refractivity contribution is 0.0985. The Bertz CT molecular complexity index is 994. The molecule has 2 aromatic carbocycles. The summed E-state index contributed by atoms with van der Waals surface area (Å²) in [5, 5.41) is 3.78. The summed E-state index contributed by atoms with van der Waals surface area (Å²) in [6, 6.07) is 11.7. The number of anilines is 2. The van der Waals surface area contributed by atoms with Crippen LogP contribution < -0.4 is 10.2 Å². The molecule has 0 atom stereocenters. The van der Waals surface area contributed by atoms with Gasteiger partial charge in [-0.1, -0.05) is 23.7 Å². The van der Waals surface area contributed by atoms with Crippen molar-refractivity contribution < 1.29 is 9.18 Å². The van der Waals surface area contributed by atoms with Gasteiger partial charge in [0.15, 0.2) is 11.5 Å². The van der Waals surface area contributed by atoms with Gasteiger partial charge in [-0.05, 0) is 47.9 Å². The molecular weight excluding hydrogens is 367 g/mol. The van der Waals surface area contributed by atoms with E-state index in [1.54, 1.807) is 23.1 Å². The van der Waals surface area contributed by atoms with Gasteiger partial charge in [-0.3, -0.25) is 4.79 Å². The van der Waals surface area contributed by atoms with Crippen LogP contribution in [0.2, 0.25) is 5.02 Å². The summed E-state index contributed by atoms with van der Waals surface area (Å²) in [4.78, 5) is 23.3. The monoisotopic (exact) mass is 382 g/mol. The number of rotatable bonds is 4. The number of hydrogen-bond donors (Lipinski definition) is 1. The number of aromatic nitrogens is 2. The van der Waals surface area contributed by atoms with E-state index in [4.69, 9.17) is 11.6 Å². The molecule has 0 fully saturated rings. The summed E-state index contributed by atoms with van der Waals surface area (Å²) in [6.45, 7) is 0.980. The molecule has 136 valence electrons. The Morgan fingerprint density at radius 3 is 2.74 bits per heavy atom. The van der Waals surface area contributed by atoms with Gasteiger partial charge in [0.25, 0.3) is 5.91 Å². The maximum atomic E-state index is 13.1. The quantitative estimate of drug-likeness (QED) is 0.738. The Morgan fingerprint density at radius 2 is 1.93 bits per heavy atom. The van der Waals surface area contributed by atoms with Gasteiger partial charge in [0.05, 0.1) is 0 Å². The van der Waals surface area contributed by atoms with Crippen LogP contribution in [-0.2, 0) is 13.0 Å². The van der Waals surface area contributed by atoms with Gasteiger partial charge in [0, 0.05) is 36.2 Å². The van der Waals surface area contributed by atoms with Crippen molar-refractivity contribution in [2.45, 2.75) is 13.0 Å². The molecule has 4 rings (SSSR count). The smallest absolute Gasteiger partial charge is 0.280 e. The van der Waals surface area contributed by atoms with Gasteiger partial charge in [-0.2, -0.15) is 0 Å². The molecule has 0 saturated carbocycles. The predicted octanol–water partition coefficient (Wildman–Crippen LogP) is 4.08. The SMILES string of the molecule is O=C(c1nccnc1NCc1ccc(F)cc1)N1CCc2cc(Cl)ccc21. The van der Waals surface area contributed by atoms with E-state index in [0.29, 0.717) is 23.9 Å². The average Bonchev–Trinajstić information content (AvgIpc) is 3.10. The molecule has 1 aliphatic rings. The predicted molar refractivity (Wildman–Crippen MR) is 103 cm³/mol. The highest BCUT2D eigenvalue weighted by Crippen LogP contribution is 2.31. The highest BCUT2D eigenvalue weighted by atomic mass is 35.5. The van der Waals surface area contributed by atoms with Crippen LogP contribution in [0.1, 0.15) is 21.6 Å². The molecule has 2 heterocycles. The van der Waals surface area contributed by atoms with E-state index in [1.165, 1.54) is 24.5 Å². The molecule has 0 aliphatic carbocycles. The number of carbonyl (C=O) groups is 1. The lowest BCUT2D eigenvalue weighted by Gasteiger charge is -2.18. The van der Waals surface area contributed by atoms with Crippen molar-refractivity contribution in [3.63, 3.8) is 0 Å². The van der Waals surface area contributed by atoms with E-state index in [-0.39, 0.29) is 17.4 Å². The molecule has 27 heavy (non-hydrogen) atoms. The number of carbonyl (C=O) groups excluding carboxylic acids is 1. The minimum atomic E-state index is -0.290. The summed E-state index contributed by atoms with van der Waals surface area (Å²) in [5.41, 5.74) is 3.02. The molecule has 1 N–H and O–H groups in total. The number of nitrogens with zero attached hydrogens (tertiary/aromatic N) is 3. The molecule has 7 heteroatoms. The van der Waals surface area contributed by atoms with E-state index >= 15 is 0 Å². The third kappa shape index (κ3) is 3.61. The molecule has 1 aliphatic heterocycles. The fraction of sp³-hybridized carbons (Fsp3) is 0.150. The third-order valence-corrected chi connectivity index (χ3v) is 4.69. The van der Waals surface area contributed by atoms with Gasteiger partial charge in [-0.25, -0.2) is 14.4 Å².